The van der Waals surface area contributed by atoms with Gasteiger partial charge in [0.2, 0.25) is 0 Å². The summed E-state index contributed by atoms with van der Waals surface area (Å²) < 4.78 is 3.75. The van der Waals surface area contributed by atoms with Crippen LogP contribution in [0.5, 0.6) is 0 Å². The Balaban J connectivity index is 0.00000240. The van der Waals surface area contributed by atoms with E-state index in [4.69, 9.17) is 4.99 Å². The number of benzene rings is 1. The lowest BCUT2D eigenvalue weighted by Gasteiger charge is -2.25. The van der Waals surface area contributed by atoms with E-state index in [2.05, 4.69) is 49.9 Å². The van der Waals surface area contributed by atoms with Crippen LogP contribution < -0.4 is 10.6 Å². The first-order chi connectivity index (χ1) is 13.7. The number of aliphatic imine (C=N–C) groups is 1. The highest BCUT2D eigenvalue weighted by Gasteiger charge is 2.24. The van der Waals surface area contributed by atoms with Crippen molar-refractivity contribution in [2.75, 3.05) is 6.54 Å². The Morgan fingerprint density at radius 2 is 2.24 bits per heavy atom. The minimum Gasteiger partial charge on any atom is -0.357 e. The van der Waals surface area contributed by atoms with E-state index >= 15 is 0 Å². The molecule has 154 valence electrons. The van der Waals surface area contributed by atoms with Gasteiger partial charge in [-0.2, -0.15) is 10.2 Å². The van der Waals surface area contributed by atoms with E-state index in [1.165, 1.54) is 6.33 Å². The fourth-order valence-corrected chi connectivity index (χ4v) is 3.40. The topological polar surface area (TPSA) is 97.8 Å². The van der Waals surface area contributed by atoms with Crippen molar-refractivity contribution in [2.45, 2.75) is 45.8 Å². The molecule has 1 aromatic carbocycles. The van der Waals surface area contributed by atoms with Gasteiger partial charge < -0.3 is 10.6 Å². The molecule has 0 amide bonds. The van der Waals surface area contributed by atoms with Gasteiger partial charge in [0.15, 0.2) is 5.96 Å². The number of guanidine groups is 1. The molecule has 0 aliphatic carbocycles. The Labute approximate surface area is 187 Å². The number of halogens is 1. The maximum Gasteiger partial charge on any atom is 0.192 e. The number of nitrogens with zero attached hydrogens (tertiary/aromatic N) is 7. The molecule has 0 spiro atoms. The lowest BCUT2D eigenvalue weighted by Crippen LogP contribution is -2.41. The summed E-state index contributed by atoms with van der Waals surface area (Å²) in [5.41, 5.74) is 2.08. The summed E-state index contributed by atoms with van der Waals surface area (Å²) in [6.07, 6.45) is 5.31. The quantitative estimate of drug-likeness (QED) is 0.313. The molecule has 1 unspecified atom stereocenters. The molecule has 3 heterocycles. The van der Waals surface area contributed by atoms with Crippen LogP contribution in [0.2, 0.25) is 0 Å². The fourth-order valence-electron chi connectivity index (χ4n) is 3.40. The highest BCUT2D eigenvalue weighted by molar-refractivity contribution is 14.0. The molecule has 1 atom stereocenters. The lowest BCUT2D eigenvalue weighted by atomic mass is 10.1. The van der Waals surface area contributed by atoms with E-state index in [-0.39, 0.29) is 30.0 Å². The van der Waals surface area contributed by atoms with E-state index in [1.807, 2.05) is 23.7 Å². The third kappa shape index (κ3) is 5.11. The number of aryl methyl sites for hydroxylation is 2. The average Bonchev–Trinajstić information content (AvgIpc) is 3.36. The standard InChI is InChI=1S/C19H25N9.HI/c1-3-21-19(25-17-8-5-9-27-18(17)24-14(2)26-27)22-11-15-6-4-7-16(10-15)28-13-20-12-23-28;/h4,6-7,10,12-13,17H,3,5,8-9,11H2,1-2H3,(H2,21,22,25);1H. The molecule has 0 bridgehead atoms. The number of hydrogen-bond donors (Lipinski definition) is 2. The second kappa shape index (κ2) is 9.81. The zero-order chi connectivity index (χ0) is 19.3. The second-order valence-electron chi connectivity index (χ2n) is 6.78. The van der Waals surface area contributed by atoms with Crippen molar-refractivity contribution in [3.8, 4) is 5.69 Å². The normalized spacial score (nSPS) is 16.1. The van der Waals surface area contributed by atoms with Crippen LogP contribution in [0.1, 0.15) is 43.0 Å². The monoisotopic (exact) mass is 507 g/mol. The molecule has 1 aliphatic rings. The minimum atomic E-state index is 0. The van der Waals surface area contributed by atoms with Crippen LogP contribution in [0, 0.1) is 6.92 Å². The maximum absolute atomic E-state index is 4.77. The zero-order valence-electron chi connectivity index (χ0n) is 16.6. The Kier molecular flexibility index (Phi) is 7.18. The lowest BCUT2D eigenvalue weighted by molar-refractivity contribution is 0.397. The van der Waals surface area contributed by atoms with Gasteiger partial charge in [0.05, 0.1) is 18.3 Å². The van der Waals surface area contributed by atoms with E-state index in [0.717, 1.165) is 54.8 Å². The molecule has 0 radical (unpaired) electrons. The highest BCUT2D eigenvalue weighted by Crippen LogP contribution is 2.22. The van der Waals surface area contributed by atoms with Crippen molar-refractivity contribution in [2.24, 2.45) is 4.99 Å². The van der Waals surface area contributed by atoms with Gasteiger partial charge in [-0.3, -0.25) is 0 Å². The van der Waals surface area contributed by atoms with Crippen molar-refractivity contribution in [1.82, 2.24) is 40.2 Å². The first kappa shape index (κ1) is 21.2. The summed E-state index contributed by atoms with van der Waals surface area (Å²) in [7, 11) is 0. The summed E-state index contributed by atoms with van der Waals surface area (Å²) in [6.45, 7) is 6.29. The van der Waals surface area contributed by atoms with Crippen molar-refractivity contribution in [1.29, 1.82) is 0 Å². The van der Waals surface area contributed by atoms with E-state index < -0.39 is 0 Å². The molecule has 0 saturated heterocycles. The summed E-state index contributed by atoms with van der Waals surface area (Å²) in [5, 5.41) is 15.5. The molecule has 3 aromatic rings. The number of nitrogens with one attached hydrogen (secondary N) is 2. The molecular formula is C19H26IN9. The van der Waals surface area contributed by atoms with E-state index in [0.29, 0.717) is 6.54 Å². The van der Waals surface area contributed by atoms with E-state index in [9.17, 15) is 0 Å². The first-order valence-corrected chi connectivity index (χ1v) is 9.63. The second-order valence-corrected chi connectivity index (χ2v) is 6.78. The van der Waals surface area contributed by atoms with Gasteiger partial charge in [0, 0.05) is 13.1 Å². The summed E-state index contributed by atoms with van der Waals surface area (Å²) in [5.74, 6) is 2.59. The van der Waals surface area contributed by atoms with Crippen LogP contribution in [0.25, 0.3) is 5.69 Å². The van der Waals surface area contributed by atoms with Gasteiger partial charge >= 0.3 is 0 Å². The SMILES string of the molecule is CCNC(=NCc1cccc(-n2cncn2)c1)NC1CCCn2nc(C)nc21.I. The number of aromatic nitrogens is 6. The van der Waals surface area contributed by atoms with Crippen LogP contribution in [0.15, 0.2) is 41.9 Å². The Hall–Kier alpha value is -2.50. The van der Waals surface area contributed by atoms with Gasteiger partial charge in [0.1, 0.15) is 24.3 Å². The average molecular weight is 507 g/mol. The van der Waals surface area contributed by atoms with Gasteiger partial charge in [-0.15, -0.1) is 24.0 Å². The molecule has 0 fully saturated rings. The number of fused-ring (bicyclic) bond motifs is 1. The molecule has 9 nitrogen and oxygen atoms in total. The van der Waals surface area contributed by atoms with Gasteiger partial charge in [0.25, 0.3) is 0 Å². The highest BCUT2D eigenvalue weighted by atomic mass is 127. The smallest absolute Gasteiger partial charge is 0.192 e. The Morgan fingerprint density at radius 1 is 1.34 bits per heavy atom. The third-order valence-electron chi connectivity index (χ3n) is 4.65. The molecular weight excluding hydrogens is 481 g/mol. The summed E-state index contributed by atoms with van der Waals surface area (Å²) >= 11 is 0. The summed E-state index contributed by atoms with van der Waals surface area (Å²) in [6, 6.07) is 8.27. The number of hydrogen-bond acceptors (Lipinski definition) is 5. The molecule has 1 aliphatic heterocycles. The molecule has 2 aromatic heterocycles. The van der Waals surface area contributed by atoms with Gasteiger partial charge in [-0.05, 0) is 44.4 Å². The summed E-state index contributed by atoms with van der Waals surface area (Å²) in [4.78, 5) is 13.4. The van der Waals surface area contributed by atoms with Gasteiger partial charge in [-0.1, -0.05) is 12.1 Å². The predicted molar refractivity (Wildman–Crippen MR) is 121 cm³/mol. The van der Waals surface area contributed by atoms with Crippen LogP contribution >= 0.6 is 24.0 Å². The third-order valence-corrected chi connectivity index (χ3v) is 4.65. The Morgan fingerprint density at radius 3 is 3.03 bits per heavy atom. The number of rotatable bonds is 5. The van der Waals surface area contributed by atoms with E-state index in [1.54, 1.807) is 11.0 Å². The van der Waals surface area contributed by atoms with Crippen LogP contribution in [0.3, 0.4) is 0 Å². The van der Waals surface area contributed by atoms with Crippen molar-refractivity contribution < 1.29 is 0 Å². The largest absolute Gasteiger partial charge is 0.357 e. The first-order valence-electron chi connectivity index (χ1n) is 9.63. The Bertz CT molecular complexity index is 949. The van der Waals surface area contributed by atoms with Crippen LogP contribution in [-0.4, -0.2) is 42.0 Å². The van der Waals surface area contributed by atoms with Crippen LogP contribution in [0.4, 0.5) is 0 Å². The maximum atomic E-state index is 4.77. The van der Waals surface area contributed by atoms with Crippen molar-refractivity contribution >= 4 is 29.9 Å². The fraction of sp³-hybridized carbons (Fsp3) is 0.421. The van der Waals surface area contributed by atoms with Crippen LogP contribution in [-0.2, 0) is 13.1 Å². The molecule has 29 heavy (non-hydrogen) atoms. The van der Waals surface area contributed by atoms with Crippen molar-refractivity contribution in [3.63, 3.8) is 0 Å². The zero-order valence-corrected chi connectivity index (χ0v) is 18.9. The molecule has 10 heteroatoms. The van der Waals surface area contributed by atoms with Gasteiger partial charge in [-0.25, -0.2) is 24.3 Å². The predicted octanol–water partition coefficient (Wildman–Crippen LogP) is 2.38. The molecule has 4 rings (SSSR count). The molecule has 0 saturated carbocycles. The minimum absolute atomic E-state index is 0. The molecule has 2 N–H and O–H groups in total. The van der Waals surface area contributed by atoms with Crippen molar-refractivity contribution in [3.05, 3.63) is 54.1 Å².